The van der Waals surface area contributed by atoms with Gasteiger partial charge in [0.05, 0.1) is 11.3 Å². The van der Waals surface area contributed by atoms with Gasteiger partial charge in [-0.2, -0.15) is 5.10 Å². The lowest BCUT2D eigenvalue weighted by Gasteiger charge is -2.37. The lowest BCUT2D eigenvalue weighted by molar-refractivity contribution is 0.0682. The Bertz CT molecular complexity index is 783. The number of nitrogens with zero attached hydrogens (tertiary/aromatic N) is 5. The van der Waals surface area contributed by atoms with Crippen molar-refractivity contribution in [2.75, 3.05) is 25.0 Å². The van der Waals surface area contributed by atoms with Crippen LogP contribution in [0.5, 0.6) is 0 Å². The van der Waals surface area contributed by atoms with Crippen molar-refractivity contribution in [3.8, 4) is 0 Å². The number of carboxylic acids is 1. The Morgan fingerprint density at radius 2 is 1.88 bits per heavy atom. The maximum Gasteiger partial charge on any atom is 0.354 e. The summed E-state index contributed by atoms with van der Waals surface area (Å²) in [5.41, 5.74) is 1.22. The number of piperidine rings is 1. The zero-order valence-electron chi connectivity index (χ0n) is 14.8. The third-order valence-corrected chi connectivity index (χ3v) is 4.67. The van der Waals surface area contributed by atoms with Crippen LogP contribution in [0.25, 0.3) is 0 Å². The van der Waals surface area contributed by atoms with Gasteiger partial charge in [0.15, 0.2) is 5.82 Å². The van der Waals surface area contributed by atoms with Gasteiger partial charge in [-0.25, -0.2) is 9.78 Å². The number of hydrogen-bond donors (Lipinski definition) is 1. The van der Waals surface area contributed by atoms with Crippen LogP contribution < -0.4 is 4.90 Å². The second-order valence-electron chi connectivity index (χ2n) is 6.40. The van der Waals surface area contributed by atoms with Crippen molar-refractivity contribution in [1.29, 1.82) is 0 Å². The largest absolute Gasteiger partial charge is 0.477 e. The lowest BCUT2D eigenvalue weighted by Crippen LogP contribution is -2.46. The monoisotopic (exact) mass is 355 g/mol. The molecule has 26 heavy (non-hydrogen) atoms. The summed E-state index contributed by atoms with van der Waals surface area (Å²) in [5.74, 6) is -0.397. The number of anilines is 1. The number of hydrogen-bond acceptors (Lipinski definition) is 6. The minimum atomic E-state index is -1.10. The fourth-order valence-corrected chi connectivity index (χ4v) is 3.05. The molecule has 8 nitrogen and oxygen atoms in total. The Morgan fingerprint density at radius 3 is 2.42 bits per heavy atom. The summed E-state index contributed by atoms with van der Waals surface area (Å²) < 4.78 is 0. The summed E-state index contributed by atoms with van der Waals surface area (Å²) in [6.45, 7) is 3.17. The van der Waals surface area contributed by atoms with Crippen LogP contribution in [0.3, 0.4) is 0 Å². The summed E-state index contributed by atoms with van der Waals surface area (Å²) in [4.78, 5) is 31.1. The first-order valence-electron chi connectivity index (χ1n) is 8.47. The molecule has 0 atom stereocenters. The van der Waals surface area contributed by atoms with E-state index in [0.717, 1.165) is 24.4 Å². The second-order valence-corrected chi connectivity index (χ2v) is 6.40. The van der Waals surface area contributed by atoms with Crippen molar-refractivity contribution < 1.29 is 14.7 Å². The fourth-order valence-electron chi connectivity index (χ4n) is 3.05. The van der Waals surface area contributed by atoms with E-state index < -0.39 is 5.97 Å². The van der Waals surface area contributed by atoms with Crippen LogP contribution in [0.1, 0.15) is 39.4 Å². The zero-order valence-corrected chi connectivity index (χ0v) is 14.8. The van der Waals surface area contributed by atoms with E-state index in [1.165, 1.54) is 18.3 Å². The van der Waals surface area contributed by atoms with Crippen molar-refractivity contribution in [1.82, 2.24) is 20.1 Å². The topological polar surface area (TPSA) is 99.5 Å². The molecule has 1 aliphatic rings. The van der Waals surface area contributed by atoms with Gasteiger partial charge in [-0.15, -0.1) is 5.10 Å². The molecule has 1 N–H and O–H groups in total. The minimum Gasteiger partial charge on any atom is -0.477 e. The third-order valence-electron chi connectivity index (χ3n) is 4.67. The van der Waals surface area contributed by atoms with Gasteiger partial charge < -0.3 is 14.9 Å². The highest BCUT2D eigenvalue weighted by Gasteiger charge is 2.27. The predicted octanol–water partition coefficient (Wildman–Crippen LogP) is 1.62. The van der Waals surface area contributed by atoms with Gasteiger partial charge in [-0.1, -0.05) is 0 Å². The molecule has 0 spiro atoms. The standard InChI is InChI=1S/C18H21N5O3/c1-12-3-6-16(21-20-12)22(2)14-7-9-23(10-8-14)17(24)13-4-5-15(18(25)26)19-11-13/h3-6,11,14H,7-10H2,1-2H3,(H,25,26). The van der Waals surface area contributed by atoms with E-state index in [1.54, 1.807) is 4.90 Å². The lowest BCUT2D eigenvalue weighted by atomic mass is 10.0. The molecular weight excluding hydrogens is 334 g/mol. The molecule has 1 fully saturated rings. The molecule has 3 heterocycles. The number of amides is 1. The molecule has 3 rings (SSSR count). The van der Waals surface area contributed by atoms with Gasteiger partial charge in [0.2, 0.25) is 0 Å². The molecule has 0 radical (unpaired) electrons. The van der Waals surface area contributed by atoms with E-state index >= 15 is 0 Å². The molecule has 1 aliphatic heterocycles. The third kappa shape index (κ3) is 3.79. The molecule has 8 heteroatoms. The van der Waals surface area contributed by atoms with Crippen molar-refractivity contribution in [3.05, 3.63) is 47.4 Å². The molecule has 2 aromatic heterocycles. The highest BCUT2D eigenvalue weighted by atomic mass is 16.4. The van der Waals surface area contributed by atoms with Crippen molar-refractivity contribution in [2.45, 2.75) is 25.8 Å². The number of rotatable bonds is 4. The summed E-state index contributed by atoms with van der Waals surface area (Å²) in [5, 5.41) is 17.2. The fraction of sp³-hybridized carbons (Fsp3) is 0.389. The van der Waals surface area contributed by atoms with Crippen molar-refractivity contribution >= 4 is 17.7 Å². The van der Waals surface area contributed by atoms with Crippen LogP contribution in [0.2, 0.25) is 0 Å². The molecule has 136 valence electrons. The zero-order chi connectivity index (χ0) is 18.7. The van der Waals surface area contributed by atoms with Crippen molar-refractivity contribution in [3.63, 3.8) is 0 Å². The first kappa shape index (κ1) is 17.8. The Kier molecular flexibility index (Phi) is 5.11. The number of carbonyl (C=O) groups excluding carboxylic acids is 1. The average molecular weight is 355 g/mol. The van der Waals surface area contributed by atoms with Crippen LogP contribution >= 0.6 is 0 Å². The van der Waals surface area contributed by atoms with Crippen LogP contribution in [0, 0.1) is 6.92 Å². The summed E-state index contributed by atoms with van der Waals surface area (Å²) in [6, 6.07) is 7.05. The van der Waals surface area contributed by atoms with Gasteiger partial charge in [-0.05, 0) is 44.0 Å². The summed E-state index contributed by atoms with van der Waals surface area (Å²) in [6.07, 6.45) is 2.99. The summed E-state index contributed by atoms with van der Waals surface area (Å²) in [7, 11) is 2.00. The van der Waals surface area contributed by atoms with Gasteiger partial charge in [0, 0.05) is 32.4 Å². The summed E-state index contributed by atoms with van der Waals surface area (Å²) >= 11 is 0. The van der Waals surface area contributed by atoms with Crippen LogP contribution in [0.4, 0.5) is 5.82 Å². The van der Waals surface area contributed by atoms with E-state index in [4.69, 9.17) is 5.11 Å². The molecule has 0 unspecified atom stereocenters. The molecule has 0 bridgehead atoms. The number of pyridine rings is 1. The number of carboxylic acid groups (broad SMARTS) is 1. The van der Waals surface area contributed by atoms with E-state index in [9.17, 15) is 9.59 Å². The molecule has 1 amide bonds. The van der Waals surface area contributed by atoms with Crippen LogP contribution in [0.15, 0.2) is 30.5 Å². The van der Waals surface area contributed by atoms with Gasteiger partial charge in [0.1, 0.15) is 5.69 Å². The van der Waals surface area contributed by atoms with Crippen LogP contribution in [-0.2, 0) is 0 Å². The number of carbonyl (C=O) groups is 2. The number of aromatic carboxylic acids is 1. The molecule has 1 saturated heterocycles. The Balaban J connectivity index is 1.59. The minimum absolute atomic E-state index is 0.0684. The van der Waals surface area contributed by atoms with Gasteiger partial charge in [-0.3, -0.25) is 4.79 Å². The second kappa shape index (κ2) is 7.47. The average Bonchev–Trinajstić information content (AvgIpc) is 2.67. The number of likely N-dealkylation sites (tertiary alicyclic amines) is 1. The molecule has 2 aromatic rings. The Morgan fingerprint density at radius 1 is 1.15 bits per heavy atom. The molecule has 0 saturated carbocycles. The molecule has 0 aromatic carbocycles. The highest BCUT2D eigenvalue weighted by Crippen LogP contribution is 2.21. The molecular formula is C18H21N5O3. The van der Waals surface area contributed by atoms with E-state index in [-0.39, 0.29) is 11.6 Å². The maximum atomic E-state index is 12.6. The van der Waals surface area contributed by atoms with Crippen molar-refractivity contribution in [2.24, 2.45) is 0 Å². The quantitative estimate of drug-likeness (QED) is 0.889. The molecule has 0 aliphatic carbocycles. The highest BCUT2D eigenvalue weighted by molar-refractivity contribution is 5.95. The number of aromatic nitrogens is 3. The number of aryl methyl sites for hydroxylation is 1. The SMILES string of the molecule is Cc1ccc(N(C)C2CCN(C(=O)c3ccc(C(=O)O)nc3)CC2)nn1. The predicted molar refractivity (Wildman–Crippen MR) is 95.3 cm³/mol. The Hall–Kier alpha value is -3.03. The maximum absolute atomic E-state index is 12.6. The van der Waals surface area contributed by atoms with Crippen LogP contribution in [-0.4, -0.2) is 63.2 Å². The van der Waals surface area contributed by atoms with Gasteiger partial charge >= 0.3 is 5.97 Å². The van der Waals surface area contributed by atoms with Gasteiger partial charge in [0.25, 0.3) is 5.91 Å². The van der Waals surface area contributed by atoms with E-state index in [2.05, 4.69) is 20.1 Å². The Labute approximate surface area is 151 Å². The smallest absolute Gasteiger partial charge is 0.354 e. The first-order valence-corrected chi connectivity index (χ1v) is 8.47. The normalized spacial score (nSPS) is 14.9. The first-order chi connectivity index (χ1) is 12.5. The van der Waals surface area contributed by atoms with E-state index in [1.807, 2.05) is 26.1 Å². The van der Waals surface area contributed by atoms with E-state index in [0.29, 0.717) is 24.7 Å².